The highest BCUT2D eigenvalue weighted by Crippen LogP contribution is 2.29. The zero-order chi connectivity index (χ0) is 15.6. The smallest absolute Gasteiger partial charge is 0.319 e. The number of carbonyl (C=O) groups excluding carboxylic acids is 1. The molecule has 2 aromatic carbocycles. The summed E-state index contributed by atoms with van der Waals surface area (Å²) in [6.45, 7) is 0.202. The molecule has 5 heteroatoms. The second kappa shape index (κ2) is 5.99. The molecule has 0 unspecified atom stereocenters. The van der Waals surface area contributed by atoms with Crippen LogP contribution in [-0.4, -0.2) is 23.3 Å². The molecule has 0 radical (unpaired) electrons. The second-order valence-electron chi connectivity index (χ2n) is 5.66. The molecule has 0 aromatic heterocycles. The van der Waals surface area contributed by atoms with E-state index in [1.54, 1.807) is 24.3 Å². The Morgan fingerprint density at radius 3 is 2.45 bits per heavy atom. The molecule has 1 aliphatic rings. The van der Waals surface area contributed by atoms with Gasteiger partial charge in [-0.25, -0.2) is 4.79 Å². The lowest BCUT2D eigenvalue weighted by Gasteiger charge is -2.22. The lowest BCUT2D eigenvalue weighted by Crippen LogP contribution is -2.45. The summed E-state index contributed by atoms with van der Waals surface area (Å²) in [6.07, 6.45) is 1.11. The molecule has 22 heavy (non-hydrogen) atoms. The number of nitrogens with one attached hydrogen (secondary N) is 2. The van der Waals surface area contributed by atoms with Gasteiger partial charge in [0.1, 0.15) is 0 Å². The van der Waals surface area contributed by atoms with Crippen molar-refractivity contribution in [1.29, 1.82) is 0 Å². The Bertz CT molecular complexity index is 678. The van der Waals surface area contributed by atoms with Crippen LogP contribution in [0.25, 0.3) is 0 Å². The maximum absolute atomic E-state index is 11.9. The van der Waals surface area contributed by atoms with Crippen LogP contribution in [0.1, 0.15) is 11.1 Å². The molecule has 0 aliphatic heterocycles. The minimum Gasteiger partial charge on any atom is -0.387 e. The maximum atomic E-state index is 11.9. The summed E-state index contributed by atoms with van der Waals surface area (Å²) in [5, 5.41) is 16.6. The Morgan fingerprint density at radius 2 is 1.82 bits per heavy atom. The van der Waals surface area contributed by atoms with Crippen molar-refractivity contribution in [2.75, 3.05) is 11.9 Å². The first-order valence-corrected chi connectivity index (χ1v) is 7.51. The lowest BCUT2D eigenvalue weighted by atomic mass is 10.0. The van der Waals surface area contributed by atoms with Gasteiger partial charge in [-0.05, 0) is 29.3 Å². The fraction of sp³-hybridized carbons (Fsp3) is 0.235. The molecular weight excluding hydrogens is 300 g/mol. The third kappa shape index (κ3) is 3.40. The van der Waals surface area contributed by atoms with E-state index < -0.39 is 5.60 Å². The topological polar surface area (TPSA) is 61.4 Å². The molecular formula is C17H17ClN2O2. The predicted molar refractivity (Wildman–Crippen MR) is 87.3 cm³/mol. The number of halogens is 1. The summed E-state index contributed by atoms with van der Waals surface area (Å²) in [7, 11) is 0. The minimum absolute atomic E-state index is 0.202. The summed E-state index contributed by atoms with van der Waals surface area (Å²) in [4.78, 5) is 11.9. The van der Waals surface area contributed by atoms with Crippen molar-refractivity contribution < 1.29 is 9.90 Å². The van der Waals surface area contributed by atoms with Crippen molar-refractivity contribution in [1.82, 2.24) is 5.32 Å². The number of rotatable bonds is 3. The standard InChI is InChI=1S/C17H17ClN2O2/c18-14-6-3-7-15(8-14)20-16(21)19-11-17(22)9-12-4-1-2-5-13(12)10-17/h1-8,22H,9-11H2,(H2,19,20,21). The number of anilines is 1. The van der Waals surface area contributed by atoms with E-state index in [-0.39, 0.29) is 12.6 Å². The van der Waals surface area contributed by atoms with Crippen LogP contribution in [0.15, 0.2) is 48.5 Å². The van der Waals surface area contributed by atoms with Gasteiger partial charge in [0, 0.05) is 30.1 Å². The summed E-state index contributed by atoms with van der Waals surface area (Å²) in [6, 6.07) is 14.5. The molecule has 1 aliphatic carbocycles. The molecule has 2 amide bonds. The monoisotopic (exact) mass is 316 g/mol. The number of benzene rings is 2. The molecule has 0 heterocycles. The van der Waals surface area contributed by atoms with Gasteiger partial charge in [0.25, 0.3) is 0 Å². The zero-order valence-corrected chi connectivity index (χ0v) is 12.7. The summed E-state index contributed by atoms with van der Waals surface area (Å²) in [5.41, 5.74) is 1.98. The van der Waals surface area contributed by atoms with Gasteiger partial charge in [0.05, 0.1) is 5.60 Å². The number of amides is 2. The molecule has 0 atom stereocenters. The van der Waals surface area contributed by atoms with Gasteiger partial charge in [-0.3, -0.25) is 0 Å². The van der Waals surface area contributed by atoms with Gasteiger partial charge >= 0.3 is 6.03 Å². The van der Waals surface area contributed by atoms with Gasteiger partial charge in [-0.2, -0.15) is 0 Å². The van der Waals surface area contributed by atoms with Crippen LogP contribution in [0.3, 0.4) is 0 Å². The van der Waals surface area contributed by atoms with Crippen LogP contribution >= 0.6 is 11.6 Å². The van der Waals surface area contributed by atoms with Gasteiger partial charge in [0.15, 0.2) is 0 Å². The van der Waals surface area contributed by atoms with E-state index >= 15 is 0 Å². The third-order valence-electron chi connectivity index (χ3n) is 3.82. The van der Waals surface area contributed by atoms with Crippen LogP contribution in [0.4, 0.5) is 10.5 Å². The Kier molecular flexibility index (Phi) is 4.05. The molecule has 2 aromatic rings. The first-order valence-electron chi connectivity index (χ1n) is 7.14. The number of aliphatic hydroxyl groups is 1. The number of hydrogen-bond acceptors (Lipinski definition) is 2. The Labute approximate surface area is 134 Å². The highest BCUT2D eigenvalue weighted by atomic mass is 35.5. The van der Waals surface area contributed by atoms with Gasteiger partial charge in [-0.1, -0.05) is 41.9 Å². The van der Waals surface area contributed by atoms with Crippen molar-refractivity contribution in [2.24, 2.45) is 0 Å². The fourth-order valence-corrected chi connectivity index (χ4v) is 2.98. The van der Waals surface area contributed by atoms with E-state index in [0.717, 1.165) is 11.1 Å². The average molecular weight is 317 g/mol. The van der Waals surface area contributed by atoms with E-state index in [4.69, 9.17) is 11.6 Å². The molecule has 0 spiro atoms. The predicted octanol–water partition coefficient (Wildman–Crippen LogP) is 2.99. The summed E-state index contributed by atoms with van der Waals surface area (Å²) in [5.74, 6) is 0. The molecule has 3 N–H and O–H groups in total. The quantitative estimate of drug-likeness (QED) is 0.815. The SMILES string of the molecule is O=C(NCC1(O)Cc2ccccc2C1)Nc1cccc(Cl)c1. The van der Waals surface area contributed by atoms with Crippen LogP contribution in [0, 0.1) is 0 Å². The fourth-order valence-electron chi connectivity index (χ4n) is 2.79. The van der Waals surface area contributed by atoms with Crippen LogP contribution in [0.2, 0.25) is 5.02 Å². The molecule has 0 bridgehead atoms. The number of carbonyl (C=O) groups is 1. The normalized spacial score (nSPS) is 15.2. The number of fused-ring (bicyclic) bond motifs is 1. The van der Waals surface area contributed by atoms with Crippen molar-refractivity contribution in [3.63, 3.8) is 0 Å². The van der Waals surface area contributed by atoms with Crippen LogP contribution < -0.4 is 10.6 Å². The molecule has 0 fully saturated rings. The Balaban J connectivity index is 1.56. The van der Waals surface area contributed by atoms with E-state index in [2.05, 4.69) is 10.6 Å². The largest absolute Gasteiger partial charge is 0.387 e. The van der Waals surface area contributed by atoms with Gasteiger partial charge in [0.2, 0.25) is 0 Å². The maximum Gasteiger partial charge on any atom is 0.319 e. The minimum atomic E-state index is -0.921. The third-order valence-corrected chi connectivity index (χ3v) is 4.05. The highest BCUT2D eigenvalue weighted by Gasteiger charge is 2.35. The van der Waals surface area contributed by atoms with Gasteiger partial charge in [-0.15, -0.1) is 0 Å². The van der Waals surface area contributed by atoms with E-state index in [9.17, 15) is 9.90 Å². The van der Waals surface area contributed by atoms with E-state index in [1.807, 2.05) is 24.3 Å². The Morgan fingerprint density at radius 1 is 1.14 bits per heavy atom. The highest BCUT2D eigenvalue weighted by molar-refractivity contribution is 6.30. The lowest BCUT2D eigenvalue weighted by molar-refractivity contribution is 0.0541. The average Bonchev–Trinajstić information content (AvgIpc) is 2.82. The first kappa shape index (κ1) is 14.9. The molecule has 0 saturated carbocycles. The van der Waals surface area contributed by atoms with Crippen molar-refractivity contribution >= 4 is 23.3 Å². The molecule has 4 nitrogen and oxygen atoms in total. The molecule has 114 valence electrons. The first-order chi connectivity index (χ1) is 10.5. The van der Waals surface area contributed by atoms with Crippen LogP contribution in [0.5, 0.6) is 0 Å². The van der Waals surface area contributed by atoms with Crippen LogP contribution in [-0.2, 0) is 12.8 Å². The Hall–Kier alpha value is -2.04. The summed E-state index contributed by atoms with van der Waals surface area (Å²) < 4.78 is 0. The van der Waals surface area contributed by atoms with Crippen molar-refractivity contribution in [3.05, 3.63) is 64.7 Å². The second-order valence-corrected chi connectivity index (χ2v) is 6.10. The van der Waals surface area contributed by atoms with E-state index in [1.165, 1.54) is 0 Å². The molecule has 3 rings (SSSR count). The van der Waals surface area contributed by atoms with Crippen molar-refractivity contribution in [3.8, 4) is 0 Å². The number of hydrogen-bond donors (Lipinski definition) is 3. The summed E-state index contributed by atoms with van der Waals surface area (Å²) >= 11 is 5.87. The number of urea groups is 1. The van der Waals surface area contributed by atoms with Crippen molar-refractivity contribution in [2.45, 2.75) is 18.4 Å². The molecule has 0 saturated heterocycles. The van der Waals surface area contributed by atoms with E-state index in [0.29, 0.717) is 23.6 Å². The van der Waals surface area contributed by atoms with Gasteiger partial charge < -0.3 is 15.7 Å². The zero-order valence-electron chi connectivity index (χ0n) is 12.0.